The van der Waals surface area contributed by atoms with Gasteiger partial charge in [-0.1, -0.05) is 0 Å². The molecule has 8 heteroatoms. The summed E-state index contributed by atoms with van der Waals surface area (Å²) >= 11 is 0. The Morgan fingerprint density at radius 1 is 1.40 bits per heavy atom. The van der Waals surface area contributed by atoms with Gasteiger partial charge in [0.2, 0.25) is 5.91 Å². The number of anilines is 1. The fraction of sp³-hybridized carbons (Fsp3) is 0.417. The Morgan fingerprint density at radius 3 is 2.75 bits per heavy atom. The number of nitrogens with zero attached hydrogens (tertiary/aromatic N) is 2. The number of hydrogen-bond acceptors (Lipinski definition) is 7. The molecule has 0 atom stereocenters. The zero-order chi connectivity index (χ0) is 14.5. The number of nitrogens with one attached hydrogen (secondary N) is 1. The second-order valence-electron chi connectivity index (χ2n) is 4.22. The van der Waals surface area contributed by atoms with Crippen LogP contribution >= 0.6 is 0 Å². The molecule has 108 valence electrons. The molecule has 1 aromatic heterocycles. The minimum Gasteiger partial charge on any atom is -0.505 e. The highest BCUT2D eigenvalue weighted by molar-refractivity contribution is 6.05. The molecule has 0 bridgehead atoms. The van der Waals surface area contributed by atoms with E-state index in [1.807, 2.05) is 10.2 Å². The zero-order valence-corrected chi connectivity index (χ0v) is 10.8. The summed E-state index contributed by atoms with van der Waals surface area (Å²) in [5.41, 5.74) is 4.92. The van der Waals surface area contributed by atoms with E-state index in [-0.39, 0.29) is 18.0 Å². The number of pyridine rings is 1. The van der Waals surface area contributed by atoms with Crippen LogP contribution in [0.4, 0.5) is 5.82 Å². The molecule has 1 aliphatic rings. The molecule has 1 fully saturated rings. The average Bonchev–Trinajstić information content (AvgIpc) is 2.48. The first-order valence-corrected chi connectivity index (χ1v) is 6.18. The normalized spacial score (nSPS) is 14.9. The van der Waals surface area contributed by atoms with Crippen molar-refractivity contribution in [2.75, 3.05) is 37.7 Å². The molecule has 2 amide bonds. The summed E-state index contributed by atoms with van der Waals surface area (Å²) in [6.45, 7) is 2.16. The van der Waals surface area contributed by atoms with Crippen LogP contribution in [0, 0.1) is 0 Å². The Labute approximate surface area is 115 Å². The van der Waals surface area contributed by atoms with Gasteiger partial charge < -0.3 is 20.5 Å². The number of amides is 2. The van der Waals surface area contributed by atoms with Crippen molar-refractivity contribution in [3.8, 4) is 5.75 Å². The quantitative estimate of drug-likeness (QED) is 0.639. The van der Waals surface area contributed by atoms with E-state index < -0.39 is 11.8 Å². The molecule has 2 rings (SSSR count). The monoisotopic (exact) mass is 280 g/mol. The van der Waals surface area contributed by atoms with Gasteiger partial charge in [-0.05, 0) is 12.1 Å². The Balaban J connectivity index is 2.19. The molecule has 0 unspecified atom stereocenters. The first-order chi connectivity index (χ1) is 9.61. The van der Waals surface area contributed by atoms with Gasteiger partial charge >= 0.3 is 0 Å². The molecule has 0 aromatic carbocycles. The van der Waals surface area contributed by atoms with Gasteiger partial charge in [-0.25, -0.2) is 4.98 Å². The number of morpholine rings is 1. The molecule has 1 aromatic rings. The second-order valence-corrected chi connectivity index (χ2v) is 4.22. The molecule has 2 heterocycles. The predicted molar refractivity (Wildman–Crippen MR) is 70.5 cm³/mol. The van der Waals surface area contributed by atoms with Crippen molar-refractivity contribution in [1.29, 1.82) is 0 Å². The van der Waals surface area contributed by atoms with Crippen LogP contribution < -0.4 is 16.0 Å². The second kappa shape index (κ2) is 6.31. The smallest absolute Gasteiger partial charge is 0.280 e. The molecule has 1 aliphatic heterocycles. The summed E-state index contributed by atoms with van der Waals surface area (Å²) in [4.78, 5) is 29.0. The van der Waals surface area contributed by atoms with Crippen LogP contribution in [0.25, 0.3) is 0 Å². The summed E-state index contributed by atoms with van der Waals surface area (Å²) in [7, 11) is 0. The van der Waals surface area contributed by atoms with E-state index in [1.165, 1.54) is 6.07 Å². The van der Waals surface area contributed by atoms with E-state index >= 15 is 0 Å². The fourth-order valence-electron chi connectivity index (χ4n) is 1.81. The number of aromatic nitrogens is 1. The lowest BCUT2D eigenvalue weighted by atomic mass is 10.2. The van der Waals surface area contributed by atoms with Crippen molar-refractivity contribution in [2.45, 2.75) is 0 Å². The summed E-state index contributed by atoms with van der Waals surface area (Å²) in [5.74, 6) is -1.14. The Morgan fingerprint density at radius 2 is 2.10 bits per heavy atom. The maximum Gasteiger partial charge on any atom is 0.280 e. The Hall–Kier alpha value is -2.19. The molecule has 0 saturated carbocycles. The maximum absolute atomic E-state index is 11.8. The van der Waals surface area contributed by atoms with Gasteiger partial charge in [-0.2, -0.15) is 0 Å². The van der Waals surface area contributed by atoms with Crippen LogP contribution in [0.5, 0.6) is 5.75 Å². The highest BCUT2D eigenvalue weighted by atomic mass is 16.5. The van der Waals surface area contributed by atoms with E-state index in [2.05, 4.69) is 4.98 Å². The van der Waals surface area contributed by atoms with Gasteiger partial charge in [-0.3, -0.25) is 14.9 Å². The van der Waals surface area contributed by atoms with Crippen LogP contribution in [-0.2, 0) is 9.53 Å². The van der Waals surface area contributed by atoms with E-state index in [0.717, 1.165) is 0 Å². The standard InChI is InChI=1S/C12H16N4O4/c13-7-10(18)15-12(19)11-8(17)1-2-9(14-11)16-3-5-20-6-4-16/h1-2,17H,3-7,13H2,(H,15,18,19). The Bertz CT molecular complexity index is 514. The third-order valence-electron chi connectivity index (χ3n) is 2.85. The van der Waals surface area contributed by atoms with Crippen molar-refractivity contribution in [2.24, 2.45) is 5.73 Å². The number of rotatable bonds is 3. The van der Waals surface area contributed by atoms with Gasteiger partial charge in [0.05, 0.1) is 19.8 Å². The fourth-order valence-corrected chi connectivity index (χ4v) is 1.81. The number of ether oxygens (including phenoxy) is 1. The van der Waals surface area contributed by atoms with Crippen molar-refractivity contribution in [3.05, 3.63) is 17.8 Å². The first kappa shape index (κ1) is 14.2. The molecule has 20 heavy (non-hydrogen) atoms. The Kier molecular flexibility index (Phi) is 4.49. The first-order valence-electron chi connectivity index (χ1n) is 6.18. The predicted octanol–water partition coefficient (Wildman–Crippen LogP) is -1.16. The van der Waals surface area contributed by atoms with Crippen molar-refractivity contribution >= 4 is 17.6 Å². The molecular formula is C12H16N4O4. The number of imide groups is 1. The van der Waals surface area contributed by atoms with Gasteiger partial charge in [0, 0.05) is 13.1 Å². The average molecular weight is 280 g/mol. The van der Waals surface area contributed by atoms with Gasteiger partial charge in [-0.15, -0.1) is 0 Å². The molecule has 8 nitrogen and oxygen atoms in total. The van der Waals surface area contributed by atoms with Crippen molar-refractivity contribution in [3.63, 3.8) is 0 Å². The highest BCUT2D eigenvalue weighted by Crippen LogP contribution is 2.20. The number of aromatic hydroxyl groups is 1. The lowest BCUT2D eigenvalue weighted by molar-refractivity contribution is -0.118. The van der Waals surface area contributed by atoms with Crippen LogP contribution in [-0.4, -0.2) is 54.8 Å². The van der Waals surface area contributed by atoms with Crippen LogP contribution in [0.1, 0.15) is 10.5 Å². The number of carbonyl (C=O) groups is 2. The molecular weight excluding hydrogens is 264 g/mol. The maximum atomic E-state index is 11.8. The topological polar surface area (TPSA) is 118 Å². The third kappa shape index (κ3) is 3.22. The molecule has 0 aliphatic carbocycles. The molecule has 0 spiro atoms. The molecule has 1 saturated heterocycles. The highest BCUT2D eigenvalue weighted by Gasteiger charge is 2.19. The third-order valence-corrected chi connectivity index (χ3v) is 2.85. The number of carbonyl (C=O) groups excluding carboxylic acids is 2. The molecule has 0 radical (unpaired) electrons. The SMILES string of the molecule is NCC(=O)NC(=O)c1nc(N2CCOCC2)ccc1O. The summed E-state index contributed by atoms with van der Waals surface area (Å²) < 4.78 is 5.23. The number of hydrogen-bond donors (Lipinski definition) is 3. The van der Waals surface area contributed by atoms with Gasteiger partial charge in [0.15, 0.2) is 5.69 Å². The lowest BCUT2D eigenvalue weighted by Gasteiger charge is -2.28. The summed E-state index contributed by atoms with van der Waals surface area (Å²) in [5, 5.41) is 11.7. The lowest BCUT2D eigenvalue weighted by Crippen LogP contribution is -2.38. The van der Waals surface area contributed by atoms with Gasteiger partial charge in [0.1, 0.15) is 11.6 Å². The minimum absolute atomic E-state index is 0.198. The largest absolute Gasteiger partial charge is 0.505 e. The molecule has 4 N–H and O–H groups in total. The van der Waals surface area contributed by atoms with Gasteiger partial charge in [0.25, 0.3) is 5.91 Å². The summed E-state index contributed by atoms with van der Waals surface area (Å²) in [6, 6.07) is 2.99. The minimum atomic E-state index is -0.770. The van der Waals surface area contributed by atoms with Crippen LogP contribution in [0.3, 0.4) is 0 Å². The van der Waals surface area contributed by atoms with E-state index in [0.29, 0.717) is 32.1 Å². The number of nitrogens with two attached hydrogens (primary N) is 1. The van der Waals surface area contributed by atoms with Crippen molar-refractivity contribution in [1.82, 2.24) is 10.3 Å². The van der Waals surface area contributed by atoms with Crippen LogP contribution in [0.2, 0.25) is 0 Å². The van der Waals surface area contributed by atoms with Crippen LogP contribution in [0.15, 0.2) is 12.1 Å². The zero-order valence-electron chi connectivity index (χ0n) is 10.8. The summed E-state index contributed by atoms with van der Waals surface area (Å²) in [6.07, 6.45) is 0. The van der Waals surface area contributed by atoms with Crippen molar-refractivity contribution < 1.29 is 19.4 Å². The van der Waals surface area contributed by atoms with E-state index in [1.54, 1.807) is 6.07 Å². The van der Waals surface area contributed by atoms with E-state index in [4.69, 9.17) is 10.5 Å². The van der Waals surface area contributed by atoms with E-state index in [9.17, 15) is 14.7 Å².